The molecule has 1 aromatic rings. The van der Waals surface area contributed by atoms with Crippen molar-refractivity contribution < 1.29 is 4.74 Å². The Hall–Kier alpha value is -1.39. The molecule has 0 aromatic heterocycles. The SMILES string of the molecule is CCOCCN1CCN(c2cccccc2=O)CC1. The zero-order chi connectivity index (χ0) is 13.5. The van der Waals surface area contributed by atoms with E-state index in [2.05, 4.69) is 9.80 Å². The molecule has 1 aliphatic heterocycles. The Bertz CT molecular complexity index is 442. The summed E-state index contributed by atoms with van der Waals surface area (Å²) >= 11 is 0. The minimum absolute atomic E-state index is 0.104. The molecule has 4 nitrogen and oxygen atoms in total. The van der Waals surface area contributed by atoms with Crippen molar-refractivity contribution in [3.8, 4) is 0 Å². The summed E-state index contributed by atoms with van der Waals surface area (Å²) in [5.74, 6) is 0. The third kappa shape index (κ3) is 4.04. The summed E-state index contributed by atoms with van der Waals surface area (Å²) in [7, 11) is 0. The molecule has 0 spiro atoms. The van der Waals surface area contributed by atoms with E-state index < -0.39 is 0 Å². The molecule has 104 valence electrons. The highest BCUT2D eigenvalue weighted by Crippen LogP contribution is 2.10. The number of nitrogens with zero attached hydrogens (tertiary/aromatic N) is 2. The second kappa shape index (κ2) is 7.26. The van der Waals surface area contributed by atoms with Gasteiger partial charge >= 0.3 is 0 Å². The van der Waals surface area contributed by atoms with Gasteiger partial charge in [-0.05, 0) is 19.1 Å². The van der Waals surface area contributed by atoms with Crippen LogP contribution in [0.5, 0.6) is 0 Å². The predicted molar refractivity (Wildman–Crippen MR) is 77.9 cm³/mol. The van der Waals surface area contributed by atoms with Crippen molar-refractivity contribution >= 4 is 5.69 Å². The maximum Gasteiger partial charge on any atom is 0.201 e. The van der Waals surface area contributed by atoms with Gasteiger partial charge in [-0.15, -0.1) is 0 Å². The van der Waals surface area contributed by atoms with E-state index in [1.54, 1.807) is 12.1 Å². The van der Waals surface area contributed by atoms with E-state index in [9.17, 15) is 4.79 Å². The zero-order valence-corrected chi connectivity index (χ0v) is 11.5. The summed E-state index contributed by atoms with van der Waals surface area (Å²) in [6.45, 7) is 8.37. The second-order valence-corrected chi connectivity index (χ2v) is 4.69. The molecule has 0 amide bonds. The fourth-order valence-corrected chi connectivity index (χ4v) is 2.33. The molecule has 0 N–H and O–H groups in total. The highest BCUT2D eigenvalue weighted by molar-refractivity contribution is 5.45. The van der Waals surface area contributed by atoms with E-state index in [0.717, 1.165) is 51.6 Å². The van der Waals surface area contributed by atoms with Crippen LogP contribution in [0.2, 0.25) is 0 Å². The first kappa shape index (κ1) is 14.0. The number of rotatable bonds is 5. The predicted octanol–water partition coefficient (Wildman–Crippen LogP) is 1.21. The average molecular weight is 262 g/mol. The summed E-state index contributed by atoms with van der Waals surface area (Å²) in [4.78, 5) is 16.5. The Morgan fingerprint density at radius 1 is 1.11 bits per heavy atom. The molecule has 2 rings (SSSR count). The molecule has 1 fully saturated rings. The van der Waals surface area contributed by atoms with Crippen LogP contribution in [0.4, 0.5) is 5.69 Å². The molecule has 1 heterocycles. The van der Waals surface area contributed by atoms with Crippen molar-refractivity contribution in [1.29, 1.82) is 0 Å². The van der Waals surface area contributed by atoms with Crippen LogP contribution in [0.1, 0.15) is 6.92 Å². The fraction of sp³-hybridized carbons (Fsp3) is 0.533. The van der Waals surface area contributed by atoms with Gasteiger partial charge in [0, 0.05) is 39.3 Å². The first-order valence-corrected chi connectivity index (χ1v) is 6.95. The van der Waals surface area contributed by atoms with Crippen LogP contribution in [0, 0.1) is 0 Å². The standard InChI is InChI=1S/C15H22N2O2/c1-2-19-13-12-16-8-10-17(11-9-16)14-6-4-3-5-7-15(14)18/h3-7H,2,8-13H2,1H3. The van der Waals surface area contributed by atoms with Crippen LogP contribution in [0.15, 0.2) is 35.1 Å². The molecule has 1 saturated heterocycles. The quantitative estimate of drug-likeness (QED) is 0.747. The smallest absolute Gasteiger partial charge is 0.201 e. The molecule has 0 aliphatic carbocycles. The molecule has 0 radical (unpaired) electrons. The molecule has 4 heteroatoms. The van der Waals surface area contributed by atoms with Gasteiger partial charge in [0.15, 0.2) is 0 Å². The van der Waals surface area contributed by atoms with Crippen molar-refractivity contribution in [1.82, 2.24) is 4.90 Å². The van der Waals surface area contributed by atoms with E-state index in [1.165, 1.54) is 0 Å². The molecule has 0 saturated carbocycles. The van der Waals surface area contributed by atoms with E-state index in [4.69, 9.17) is 4.74 Å². The van der Waals surface area contributed by atoms with Crippen LogP contribution < -0.4 is 10.3 Å². The lowest BCUT2D eigenvalue weighted by Gasteiger charge is -2.35. The first-order valence-electron chi connectivity index (χ1n) is 6.95. The minimum Gasteiger partial charge on any atom is -0.380 e. The molecule has 0 bridgehead atoms. The summed E-state index contributed by atoms with van der Waals surface area (Å²) in [6.07, 6.45) is 0. The van der Waals surface area contributed by atoms with Crippen molar-refractivity contribution in [3.05, 3.63) is 40.6 Å². The highest BCUT2D eigenvalue weighted by atomic mass is 16.5. The van der Waals surface area contributed by atoms with Gasteiger partial charge in [0.1, 0.15) is 0 Å². The number of hydrogen-bond donors (Lipinski definition) is 0. The number of anilines is 1. The molecule has 0 atom stereocenters. The molecule has 1 aliphatic rings. The topological polar surface area (TPSA) is 32.8 Å². The second-order valence-electron chi connectivity index (χ2n) is 4.69. The third-order valence-corrected chi connectivity index (χ3v) is 3.45. The Balaban J connectivity index is 1.90. The Kier molecular flexibility index (Phi) is 5.36. The van der Waals surface area contributed by atoms with E-state index in [1.807, 2.05) is 25.1 Å². The van der Waals surface area contributed by atoms with E-state index in [0.29, 0.717) is 0 Å². The largest absolute Gasteiger partial charge is 0.380 e. The van der Waals surface area contributed by atoms with Gasteiger partial charge in [-0.25, -0.2) is 0 Å². The average Bonchev–Trinajstić information content (AvgIpc) is 2.65. The fourth-order valence-electron chi connectivity index (χ4n) is 2.33. The Morgan fingerprint density at radius 2 is 1.84 bits per heavy atom. The van der Waals surface area contributed by atoms with Crippen LogP contribution in [-0.2, 0) is 4.74 Å². The van der Waals surface area contributed by atoms with Gasteiger partial charge in [0.05, 0.1) is 12.3 Å². The number of hydrogen-bond acceptors (Lipinski definition) is 4. The van der Waals surface area contributed by atoms with Gasteiger partial charge in [-0.1, -0.05) is 18.2 Å². The summed E-state index contributed by atoms with van der Waals surface area (Å²) in [5, 5.41) is 0. The zero-order valence-electron chi connectivity index (χ0n) is 11.5. The van der Waals surface area contributed by atoms with E-state index in [-0.39, 0.29) is 5.43 Å². The van der Waals surface area contributed by atoms with Gasteiger partial charge in [0.25, 0.3) is 0 Å². The highest BCUT2D eigenvalue weighted by Gasteiger charge is 2.17. The van der Waals surface area contributed by atoms with Crippen molar-refractivity contribution in [2.24, 2.45) is 0 Å². The summed E-state index contributed by atoms with van der Waals surface area (Å²) in [6, 6.07) is 9.17. The van der Waals surface area contributed by atoms with Crippen molar-refractivity contribution in [3.63, 3.8) is 0 Å². The van der Waals surface area contributed by atoms with Gasteiger partial charge in [-0.3, -0.25) is 9.69 Å². The van der Waals surface area contributed by atoms with Gasteiger partial charge in [-0.2, -0.15) is 0 Å². The van der Waals surface area contributed by atoms with Crippen molar-refractivity contribution in [2.75, 3.05) is 50.8 Å². The lowest BCUT2D eigenvalue weighted by molar-refractivity contribution is 0.111. The normalized spacial score (nSPS) is 16.6. The van der Waals surface area contributed by atoms with Gasteiger partial charge < -0.3 is 9.64 Å². The Labute approximate surface area is 114 Å². The molecule has 19 heavy (non-hydrogen) atoms. The number of ether oxygens (including phenoxy) is 1. The van der Waals surface area contributed by atoms with Crippen LogP contribution >= 0.6 is 0 Å². The van der Waals surface area contributed by atoms with Gasteiger partial charge in [0.2, 0.25) is 5.43 Å². The molecule has 1 aromatic carbocycles. The third-order valence-electron chi connectivity index (χ3n) is 3.45. The van der Waals surface area contributed by atoms with Crippen LogP contribution in [0.3, 0.4) is 0 Å². The molecular weight excluding hydrogens is 240 g/mol. The maximum absolute atomic E-state index is 11.9. The monoisotopic (exact) mass is 262 g/mol. The first-order chi connectivity index (χ1) is 9.31. The van der Waals surface area contributed by atoms with Crippen molar-refractivity contribution in [2.45, 2.75) is 6.92 Å². The van der Waals surface area contributed by atoms with E-state index >= 15 is 0 Å². The van der Waals surface area contributed by atoms with Crippen LogP contribution in [-0.4, -0.2) is 50.8 Å². The lowest BCUT2D eigenvalue weighted by atomic mass is 10.2. The maximum atomic E-state index is 11.9. The minimum atomic E-state index is 0.104. The molecule has 0 unspecified atom stereocenters. The Morgan fingerprint density at radius 3 is 2.58 bits per heavy atom. The summed E-state index contributed by atoms with van der Waals surface area (Å²) < 4.78 is 5.37. The number of piperazine rings is 1. The van der Waals surface area contributed by atoms with Crippen LogP contribution in [0.25, 0.3) is 0 Å². The summed E-state index contributed by atoms with van der Waals surface area (Å²) in [5.41, 5.74) is 0.919. The molecular formula is C15H22N2O2. The lowest BCUT2D eigenvalue weighted by Crippen LogP contribution is -2.48.